The van der Waals surface area contributed by atoms with Crippen LogP contribution in [0.3, 0.4) is 0 Å². The molecule has 1 saturated heterocycles. The maximum atomic E-state index is 12.1. The van der Waals surface area contributed by atoms with Crippen LogP contribution in [0.15, 0.2) is 0 Å². The van der Waals surface area contributed by atoms with Gasteiger partial charge in [0.2, 0.25) is 11.8 Å². The third kappa shape index (κ3) is 3.19. The van der Waals surface area contributed by atoms with Crippen molar-refractivity contribution >= 4 is 11.8 Å². The maximum absolute atomic E-state index is 12.1. The number of nitrogens with zero attached hydrogens (tertiary/aromatic N) is 1. The Kier molecular flexibility index (Phi) is 4.93. The van der Waals surface area contributed by atoms with E-state index in [0.717, 1.165) is 19.4 Å². The van der Waals surface area contributed by atoms with E-state index in [4.69, 9.17) is 5.73 Å². The van der Waals surface area contributed by atoms with Gasteiger partial charge in [0.1, 0.15) is 6.04 Å². The Morgan fingerprint density at radius 2 is 2.24 bits per heavy atom. The van der Waals surface area contributed by atoms with Crippen molar-refractivity contribution in [3.8, 4) is 0 Å². The molecule has 1 heterocycles. The molecule has 0 aliphatic carbocycles. The number of nitrogens with one attached hydrogen (secondary N) is 1. The second kappa shape index (κ2) is 6.00. The van der Waals surface area contributed by atoms with Crippen LogP contribution in [0, 0.1) is 5.92 Å². The summed E-state index contributed by atoms with van der Waals surface area (Å²) in [4.78, 5) is 25.1. The molecule has 0 aromatic heterocycles. The quantitative estimate of drug-likeness (QED) is 0.692. The molecule has 5 nitrogen and oxygen atoms in total. The second-order valence-electron chi connectivity index (χ2n) is 4.92. The summed E-state index contributed by atoms with van der Waals surface area (Å²) in [6.45, 7) is 7.33. The van der Waals surface area contributed by atoms with Gasteiger partial charge in [-0.05, 0) is 25.3 Å². The van der Waals surface area contributed by atoms with Gasteiger partial charge in [0, 0.05) is 6.54 Å². The minimum atomic E-state index is -0.476. The molecule has 2 amide bonds. The van der Waals surface area contributed by atoms with Crippen molar-refractivity contribution in [2.24, 2.45) is 11.7 Å². The van der Waals surface area contributed by atoms with Crippen LogP contribution in [-0.2, 0) is 9.59 Å². The molecule has 1 rings (SSSR count). The summed E-state index contributed by atoms with van der Waals surface area (Å²) >= 11 is 0. The standard InChI is InChI=1S/C12H23N3O2/c1-4-6-14-9-5-7-15(12(9)17)10(8(2)3)11(13)16/h8-10,14H,4-7H2,1-3H3,(H2,13,16). The van der Waals surface area contributed by atoms with Crippen LogP contribution in [0.1, 0.15) is 33.6 Å². The van der Waals surface area contributed by atoms with Crippen molar-refractivity contribution in [2.45, 2.75) is 45.7 Å². The smallest absolute Gasteiger partial charge is 0.240 e. The predicted molar refractivity (Wildman–Crippen MR) is 66.2 cm³/mol. The van der Waals surface area contributed by atoms with E-state index in [-0.39, 0.29) is 17.9 Å². The third-order valence-corrected chi connectivity index (χ3v) is 3.14. The molecule has 0 bridgehead atoms. The minimum absolute atomic E-state index is 0.0101. The zero-order valence-corrected chi connectivity index (χ0v) is 10.9. The van der Waals surface area contributed by atoms with E-state index in [1.54, 1.807) is 4.90 Å². The van der Waals surface area contributed by atoms with Crippen molar-refractivity contribution in [3.63, 3.8) is 0 Å². The molecule has 2 unspecified atom stereocenters. The zero-order valence-electron chi connectivity index (χ0n) is 10.9. The van der Waals surface area contributed by atoms with Crippen molar-refractivity contribution in [3.05, 3.63) is 0 Å². The van der Waals surface area contributed by atoms with Crippen molar-refractivity contribution in [1.29, 1.82) is 0 Å². The SMILES string of the molecule is CCCNC1CCN(C(C(N)=O)C(C)C)C1=O. The molecule has 2 atom stereocenters. The number of hydrogen-bond acceptors (Lipinski definition) is 3. The monoisotopic (exact) mass is 241 g/mol. The molecule has 1 fully saturated rings. The average molecular weight is 241 g/mol. The first-order chi connectivity index (χ1) is 7.99. The number of amides is 2. The summed E-state index contributed by atoms with van der Waals surface area (Å²) in [6.07, 6.45) is 1.75. The fourth-order valence-corrected chi connectivity index (χ4v) is 2.33. The lowest BCUT2D eigenvalue weighted by Crippen LogP contribution is -2.51. The summed E-state index contributed by atoms with van der Waals surface area (Å²) in [5.74, 6) is -0.346. The summed E-state index contributed by atoms with van der Waals surface area (Å²) in [5.41, 5.74) is 5.37. The number of carbonyl (C=O) groups excluding carboxylic acids is 2. The highest BCUT2D eigenvalue weighted by molar-refractivity contribution is 5.90. The number of hydrogen-bond donors (Lipinski definition) is 2. The molecule has 1 aliphatic heterocycles. The number of primary amides is 1. The molecular formula is C12H23N3O2. The van der Waals surface area contributed by atoms with E-state index in [1.165, 1.54) is 0 Å². The van der Waals surface area contributed by atoms with Gasteiger partial charge in [-0.15, -0.1) is 0 Å². The third-order valence-electron chi connectivity index (χ3n) is 3.14. The van der Waals surface area contributed by atoms with Crippen LogP contribution in [0.4, 0.5) is 0 Å². The van der Waals surface area contributed by atoms with Crippen LogP contribution < -0.4 is 11.1 Å². The van der Waals surface area contributed by atoms with Gasteiger partial charge in [-0.1, -0.05) is 20.8 Å². The second-order valence-corrected chi connectivity index (χ2v) is 4.92. The van der Waals surface area contributed by atoms with Gasteiger partial charge >= 0.3 is 0 Å². The van der Waals surface area contributed by atoms with Crippen LogP contribution >= 0.6 is 0 Å². The summed E-state index contributed by atoms with van der Waals surface area (Å²) in [5, 5.41) is 3.20. The van der Waals surface area contributed by atoms with Gasteiger partial charge in [-0.25, -0.2) is 0 Å². The Bertz CT molecular complexity index is 291. The highest BCUT2D eigenvalue weighted by Gasteiger charge is 2.38. The molecular weight excluding hydrogens is 218 g/mol. The van der Waals surface area contributed by atoms with Crippen molar-refractivity contribution < 1.29 is 9.59 Å². The molecule has 1 aliphatic rings. The van der Waals surface area contributed by atoms with Crippen molar-refractivity contribution in [2.75, 3.05) is 13.1 Å². The maximum Gasteiger partial charge on any atom is 0.240 e. The van der Waals surface area contributed by atoms with E-state index in [0.29, 0.717) is 6.54 Å². The molecule has 0 aromatic carbocycles. The molecule has 0 radical (unpaired) electrons. The fraction of sp³-hybridized carbons (Fsp3) is 0.833. The average Bonchev–Trinajstić information content (AvgIpc) is 2.57. The number of carbonyl (C=O) groups is 2. The molecule has 0 aromatic rings. The fourth-order valence-electron chi connectivity index (χ4n) is 2.33. The minimum Gasteiger partial charge on any atom is -0.368 e. The van der Waals surface area contributed by atoms with Crippen LogP contribution in [-0.4, -0.2) is 41.9 Å². The topological polar surface area (TPSA) is 75.4 Å². The van der Waals surface area contributed by atoms with E-state index >= 15 is 0 Å². The van der Waals surface area contributed by atoms with Gasteiger partial charge < -0.3 is 16.0 Å². The predicted octanol–water partition coefficient (Wildman–Crippen LogP) is 0.0968. The number of nitrogens with two attached hydrogens (primary N) is 1. The van der Waals surface area contributed by atoms with Crippen LogP contribution in [0.2, 0.25) is 0 Å². The number of likely N-dealkylation sites (tertiary alicyclic amines) is 1. The Labute approximate surface area is 103 Å². The first-order valence-corrected chi connectivity index (χ1v) is 6.32. The lowest BCUT2D eigenvalue weighted by Gasteiger charge is -2.28. The van der Waals surface area contributed by atoms with Gasteiger partial charge in [0.25, 0.3) is 0 Å². The largest absolute Gasteiger partial charge is 0.368 e. The lowest BCUT2D eigenvalue weighted by atomic mass is 10.0. The normalized spacial score (nSPS) is 22.2. The van der Waals surface area contributed by atoms with Crippen molar-refractivity contribution in [1.82, 2.24) is 10.2 Å². The molecule has 0 spiro atoms. The van der Waals surface area contributed by atoms with E-state index in [2.05, 4.69) is 12.2 Å². The Morgan fingerprint density at radius 1 is 1.59 bits per heavy atom. The van der Waals surface area contributed by atoms with E-state index < -0.39 is 11.9 Å². The highest BCUT2D eigenvalue weighted by Crippen LogP contribution is 2.19. The van der Waals surface area contributed by atoms with Gasteiger partial charge in [0.05, 0.1) is 6.04 Å². The first kappa shape index (κ1) is 14.0. The van der Waals surface area contributed by atoms with Crippen LogP contribution in [0.25, 0.3) is 0 Å². The zero-order chi connectivity index (χ0) is 13.0. The van der Waals surface area contributed by atoms with E-state index in [9.17, 15) is 9.59 Å². The summed E-state index contributed by atoms with van der Waals surface area (Å²) < 4.78 is 0. The molecule has 98 valence electrons. The Balaban J connectivity index is 2.67. The molecule has 3 N–H and O–H groups in total. The Hall–Kier alpha value is -1.10. The lowest BCUT2D eigenvalue weighted by molar-refractivity contribution is -0.138. The number of rotatable bonds is 6. The molecule has 0 saturated carbocycles. The Morgan fingerprint density at radius 3 is 2.71 bits per heavy atom. The van der Waals surface area contributed by atoms with E-state index in [1.807, 2.05) is 13.8 Å². The first-order valence-electron chi connectivity index (χ1n) is 6.32. The van der Waals surface area contributed by atoms with Crippen LogP contribution in [0.5, 0.6) is 0 Å². The highest BCUT2D eigenvalue weighted by atomic mass is 16.2. The van der Waals surface area contributed by atoms with Gasteiger partial charge in [-0.2, -0.15) is 0 Å². The molecule has 17 heavy (non-hydrogen) atoms. The summed E-state index contributed by atoms with van der Waals surface area (Å²) in [7, 11) is 0. The van der Waals surface area contributed by atoms with Gasteiger partial charge in [0.15, 0.2) is 0 Å². The van der Waals surface area contributed by atoms with Gasteiger partial charge in [-0.3, -0.25) is 9.59 Å². The summed E-state index contributed by atoms with van der Waals surface area (Å²) in [6, 6.07) is -0.619. The molecule has 5 heteroatoms.